The van der Waals surface area contributed by atoms with Crippen LogP contribution in [0.5, 0.6) is 0 Å². The molecule has 0 spiro atoms. The van der Waals surface area contributed by atoms with Gasteiger partial charge in [-0.25, -0.2) is 0 Å². The van der Waals surface area contributed by atoms with E-state index in [1.165, 1.54) is 0 Å². The van der Waals surface area contributed by atoms with Crippen LogP contribution in [0, 0.1) is 6.92 Å². The third kappa shape index (κ3) is 1.29. The zero-order valence-corrected chi connectivity index (χ0v) is 8.77. The summed E-state index contributed by atoms with van der Waals surface area (Å²) < 4.78 is 0. The Morgan fingerprint density at radius 2 is 2.21 bits per heavy atom. The topological polar surface area (TPSA) is 41.1 Å². The van der Waals surface area contributed by atoms with Crippen LogP contribution in [0.2, 0.25) is 5.02 Å². The number of hydrogen-bond donors (Lipinski definition) is 2. The molecule has 1 aromatic carbocycles. The number of carbonyl (C=O) groups excluding carboxylic acids is 1. The van der Waals surface area contributed by atoms with Gasteiger partial charge in [-0.1, -0.05) is 17.7 Å². The first kappa shape index (κ1) is 9.49. The molecular weight excluding hydrogens is 200 g/mol. The molecule has 0 saturated heterocycles. The van der Waals surface area contributed by atoms with Gasteiger partial charge >= 0.3 is 0 Å². The highest BCUT2D eigenvalue weighted by molar-refractivity contribution is 6.34. The van der Waals surface area contributed by atoms with Gasteiger partial charge in [-0.15, -0.1) is 0 Å². The number of hydrogen-bond acceptors (Lipinski definition) is 2. The van der Waals surface area contributed by atoms with Gasteiger partial charge in [-0.2, -0.15) is 0 Å². The highest BCUT2D eigenvalue weighted by Crippen LogP contribution is 2.37. The van der Waals surface area contributed by atoms with Gasteiger partial charge < -0.3 is 10.6 Å². The lowest BCUT2D eigenvalue weighted by molar-refractivity contribution is -0.117. The van der Waals surface area contributed by atoms with Gasteiger partial charge in [-0.05, 0) is 25.6 Å². The SMILES string of the molecule is CNC1C(=O)Nc2c(Cl)cc(C)cc21. The minimum absolute atomic E-state index is 0.0463. The largest absolute Gasteiger partial charge is 0.323 e. The zero-order valence-electron chi connectivity index (χ0n) is 8.02. The van der Waals surface area contributed by atoms with Crippen molar-refractivity contribution in [3.05, 3.63) is 28.3 Å². The van der Waals surface area contributed by atoms with Crippen molar-refractivity contribution < 1.29 is 4.79 Å². The lowest BCUT2D eigenvalue weighted by atomic mass is 10.1. The summed E-state index contributed by atoms with van der Waals surface area (Å²) in [5, 5.41) is 6.32. The molecule has 74 valence electrons. The van der Waals surface area contributed by atoms with E-state index in [1.54, 1.807) is 7.05 Å². The second kappa shape index (κ2) is 3.26. The fourth-order valence-corrected chi connectivity index (χ4v) is 2.08. The average Bonchev–Trinajstić information content (AvgIpc) is 2.41. The van der Waals surface area contributed by atoms with Crippen molar-refractivity contribution in [2.24, 2.45) is 0 Å². The second-order valence-electron chi connectivity index (χ2n) is 3.42. The van der Waals surface area contributed by atoms with Gasteiger partial charge in [0.05, 0.1) is 10.7 Å². The van der Waals surface area contributed by atoms with E-state index in [9.17, 15) is 4.79 Å². The Morgan fingerprint density at radius 1 is 1.50 bits per heavy atom. The van der Waals surface area contributed by atoms with Crippen LogP contribution in [0.25, 0.3) is 0 Å². The maximum Gasteiger partial charge on any atom is 0.246 e. The van der Waals surface area contributed by atoms with Crippen LogP contribution in [0.4, 0.5) is 5.69 Å². The molecule has 0 saturated carbocycles. The van der Waals surface area contributed by atoms with E-state index in [2.05, 4.69) is 10.6 Å². The van der Waals surface area contributed by atoms with Crippen molar-refractivity contribution in [3.8, 4) is 0 Å². The van der Waals surface area contributed by atoms with E-state index in [0.717, 1.165) is 16.8 Å². The van der Waals surface area contributed by atoms with Gasteiger partial charge in [0.2, 0.25) is 5.91 Å². The van der Waals surface area contributed by atoms with Crippen molar-refractivity contribution in [1.82, 2.24) is 5.32 Å². The molecule has 1 aliphatic heterocycles. The fraction of sp³-hybridized carbons (Fsp3) is 0.300. The molecule has 2 rings (SSSR count). The van der Waals surface area contributed by atoms with Gasteiger partial charge in [-0.3, -0.25) is 4.79 Å². The average molecular weight is 211 g/mol. The summed E-state index contributed by atoms with van der Waals surface area (Å²) in [6.45, 7) is 1.96. The molecule has 3 nitrogen and oxygen atoms in total. The third-order valence-corrected chi connectivity index (χ3v) is 2.67. The first-order chi connectivity index (χ1) is 6.63. The van der Waals surface area contributed by atoms with Crippen molar-refractivity contribution in [2.45, 2.75) is 13.0 Å². The molecule has 0 bridgehead atoms. The molecule has 0 radical (unpaired) electrons. The number of carbonyl (C=O) groups is 1. The van der Waals surface area contributed by atoms with E-state index in [0.29, 0.717) is 5.02 Å². The van der Waals surface area contributed by atoms with Crippen LogP contribution in [-0.2, 0) is 4.79 Å². The highest BCUT2D eigenvalue weighted by atomic mass is 35.5. The predicted octanol–water partition coefficient (Wildman–Crippen LogP) is 1.86. The number of rotatable bonds is 1. The van der Waals surface area contributed by atoms with E-state index in [4.69, 9.17) is 11.6 Å². The molecule has 1 atom stereocenters. The van der Waals surface area contributed by atoms with Crippen molar-refractivity contribution in [1.29, 1.82) is 0 Å². The van der Waals surface area contributed by atoms with Gasteiger partial charge in [0, 0.05) is 5.56 Å². The maximum atomic E-state index is 11.5. The quantitative estimate of drug-likeness (QED) is 0.743. The summed E-state index contributed by atoms with van der Waals surface area (Å²) in [6.07, 6.45) is 0. The lowest BCUT2D eigenvalue weighted by Crippen LogP contribution is -2.23. The summed E-state index contributed by atoms with van der Waals surface area (Å²) in [5.41, 5.74) is 2.73. The van der Waals surface area contributed by atoms with Crippen LogP contribution >= 0.6 is 11.6 Å². The van der Waals surface area contributed by atoms with Crippen LogP contribution in [-0.4, -0.2) is 13.0 Å². The second-order valence-corrected chi connectivity index (χ2v) is 3.83. The molecule has 1 unspecified atom stereocenters. The Labute approximate surface area is 87.4 Å². The summed E-state index contributed by atoms with van der Waals surface area (Å²) >= 11 is 6.02. The Hall–Kier alpha value is -1.06. The molecule has 14 heavy (non-hydrogen) atoms. The van der Waals surface area contributed by atoms with Gasteiger partial charge in [0.1, 0.15) is 6.04 Å². The van der Waals surface area contributed by atoms with E-state index < -0.39 is 0 Å². The molecule has 1 aromatic rings. The molecule has 0 aliphatic carbocycles. The number of benzene rings is 1. The van der Waals surface area contributed by atoms with Gasteiger partial charge in [0.25, 0.3) is 0 Å². The van der Waals surface area contributed by atoms with Crippen molar-refractivity contribution in [2.75, 3.05) is 12.4 Å². The summed E-state index contributed by atoms with van der Waals surface area (Å²) in [4.78, 5) is 11.5. The Bertz CT molecular complexity index is 403. The van der Waals surface area contributed by atoms with Crippen molar-refractivity contribution >= 4 is 23.2 Å². The molecular formula is C10H11ClN2O. The van der Waals surface area contributed by atoms with Gasteiger partial charge in [0.15, 0.2) is 0 Å². The number of amides is 1. The molecule has 2 N–H and O–H groups in total. The van der Waals surface area contributed by atoms with Crippen molar-refractivity contribution in [3.63, 3.8) is 0 Å². The lowest BCUT2D eigenvalue weighted by Gasteiger charge is -2.07. The molecule has 0 aromatic heterocycles. The third-order valence-electron chi connectivity index (χ3n) is 2.38. The summed E-state index contributed by atoms with van der Waals surface area (Å²) in [7, 11) is 1.76. The number of fused-ring (bicyclic) bond motifs is 1. The van der Waals surface area contributed by atoms with Crippen LogP contribution in [0.1, 0.15) is 17.2 Å². The fourth-order valence-electron chi connectivity index (χ4n) is 1.75. The number of nitrogens with one attached hydrogen (secondary N) is 2. The zero-order chi connectivity index (χ0) is 10.3. The summed E-state index contributed by atoms with van der Waals surface area (Å²) in [5.74, 6) is -0.0463. The minimum atomic E-state index is -0.276. The molecule has 4 heteroatoms. The smallest absolute Gasteiger partial charge is 0.246 e. The van der Waals surface area contributed by atoms with E-state index in [-0.39, 0.29) is 11.9 Å². The van der Waals surface area contributed by atoms with E-state index in [1.807, 2.05) is 19.1 Å². The first-order valence-corrected chi connectivity index (χ1v) is 4.79. The number of aryl methyl sites for hydroxylation is 1. The first-order valence-electron chi connectivity index (χ1n) is 4.41. The standard InChI is InChI=1S/C10H11ClN2O/c1-5-3-6-8(7(11)4-5)13-10(14)9(6)12-2/h3-4,9,12H,1-2H3,(H,13,14). The number of likely N-dealkylation sites (N-methyl/N-ethyl adjacent to an activating group) is 1. The minimum Gasteiger partial charge on any atom is -0.323 e. The van der Waals surface area contributed by atoms with Crippen LogP contribution in [0.3, 0.4) is 0 Å². The Balaban J connectivity index is 2.58. The summed E-state index contributed by atoms with van der Waals surface area (Å²) in [6, 6.07) is 3.54. The Kier molecular flexibility index (Phi) is 2.21. The van der Waals surface area contributed by atoms with E-state index >= 15 is 0 Å². The van der Waals surface area contributed by atoms with Crippen LogP contribution in [0.15, 0.2) is 12.1 Å². The molecule has 1 heterocycles. The maximum absolute atomic E-state index is 11.5. The number of halogens is 1. The normalized spacial score (nSPS) is 19.4. The molecule has 0 fully saturated rings. The predicted molar refractivity (Wildman–Crippen MR) is 56.6 cm³/mol. The Morgan fingerprint density at radius 3 is 2.86 bits per heavy atom. The van der Waals surface area contributed by atoms with Crippen LogP contribution < -0.4 is 10.6 Å². The molecule has 1 aliphatic rings. The molecule has 1 amide bonds. The number of anilines is 1. The highest BCUT2D eigenvalue weighted by Gasteiger charge is 2.30. The monoisotopic (exact) mass is 210 g/mol.